The van der Waals surface area contributed by atoms with Crippen LogP contribution in [0.25, 0.3) is 0 Å². The Balaban J connectivity index is 3.60. The highest BCUT2D eigenvalue weighted by Gasteiger charge is 1.88. The molecule has 10 heavy (non-hydrogen) atoms. The molecule has 2 heteroatoms. The zero-order chi connectivity index (χ0) is 7.98. The molecule has 0 aliphatic carbocycles. The molecule has 0 aliphatic rings. The Hall–Kier alpha value is -0.760. The van der Waals surface area contributed by atoms with Gasteiger partial charge in [0.05, 0.1) is 0 Å². The smallest absolute Gasteiger partial charge is 0.108 e. The van der Waals surface area contributed by atoms with Crippen molar-refractivity contribution in [1.82, 2.24) is 0 Å². The van der Waals surface area contributed by atoms with Crippen molar-refractivity contribution in [1.29, 1.82) is 0 Å². The maximum Gasteiger partial charge on any atom is 0.108 e. The minimum atomic E-state index is 0.120. The highest BCUT2D eigenvalue weighted by Crippen LogP contribution is 2.04. The first kappa shape index (κ1) is 9.24. The van der Waals surface area contributed by atoms with E-state index in [9.17, 15) is 0 Å². The number of rotatable bonds is 4. The molecule has 2 nitrogen and oxygen atoms in total. The van der Waals surface area contributed by atoms with Crippen LogP contribution in [-0.2, 0) is 0 Å². The average molecular weight is 141 g/mol. The van der Waals surface area contributed by atoms with Crippen molar-refractivity contribution < 1.29 is 5.11 Å². The largest absolute Gasteiger partial charge is 0.509 e. The second-order valence-corrected chi connectivity index (χ2v) is 2.37. The molecular weight excluding hydrogens is 126 g/mol. The Labute approximate surface area is 62.0 Å². The summed E-state index contributed by atoms with van der Waals surface area (Å²) in [6.07, 6.45) is 3.57. The number of hydrogen-bond donors (Lipinski definition) is 2. The number of hydrogen-bond acceptors (Lipinski definition) is 2. The lowest BCUT2D eigenvalue weighted by Crippen LogP contribution is -1.97. The van der Waals surface area contributed by atoms with Gasteiger partial charge in [0.15, 0.2) is 0 Å². The molecule has 0 saturated heterocycles. The van der Waals surface area contributed by atoms with Gasteiger partial charge in [0.2, 0.25) is 0 Å². The van der Waals surface area contributed by atoms with Crippen molar-refractivity contribution in [2.24, 2.45) is 5.73 Å². The standard InChI is InChI=1S/C8H15NO/c1-7(4-3-5-9)6-8(2)10/h6,10H,2-5,9H2,1H3/b7-6+. The molecule has 0 aromatic heterocycles. The van der Waals surface area contributed by atoms with Gasteiger partial charge >= 0.3 is 0 Å². The summed E-state index contributed by atoms with van der Waals surface area (Å²) in [5, 5.41) is 8.72. The first-order chi connectivity index (χ1) is 4.66. The lowest BCUT2D eigenvalue weighted by molar-refractivity contribution is 0.434. The molecule has 0 amide bonds. The van der Waals surface area contributed by atoms with Gasteiger partial charge in [0.1, 0.15) is 5.76 Å². The number of nitrogens with two attached hydrogens (primary N) is 1. The van der Waals surface area contributed by atoms with E-state index in [1.54, 1.807) is 6.08 Å². The van der Waals surface area contributed by atoms with Crippen molar-refractivity contribution in [3.63, 3.8) is 0 Å². The van der Waals surface area contributed by atoms with E-state index in [0.717, 1.165) is 18.4 Å². The van der Waals surface area contributed by atoms with E-state index in [4.69, 9.17) is 10.8 Å². The third kappa shape index (κ3) is 5.38. The highest BCUT2D eigenvalue weighted by molar-refractivity contribution is 5.12. The molecule has 0 aromatic carbocycles. The van der Waals surface area contributed by atoms with Crippen molar-refractivity contribution in [3.05, 3.63) is 24.0 Å². The Morgan fingerprint density at radius 1 is 1.70 bits per heavy atom. The maximum atomic E-state index is 8.72. The molecule has 0 aromatic rings. The van der Waals surface area contributed by atoms with E-state index in [2.05, 4.69) is 6.58 Å². The van der Waals surface area contributed by atoms with Gasteiger partial charge in [0.25, 0.3) is 0 Å². The van der Waals surface area contributed by atoms with Gasteiger partial charge in [-0.25, -0.2) is 0 Å². The Kier molecular flexibility index (Phi) is 4.67. The van der Waals surface area contributed by atoms with E-state index in [1.807, 2.05) is 6.92 Å². The van der Waals surface area contributed by atoms with Crippen LogP contribution in [0, 0.1) is 0 Å². The highest BCUT2D eigenvalue weighted by atomic mass is 16.3. The Morgan fingerprint density at radius 2 is 2.30 bits per heavy atom. The van der Waals surface area contributed by atoms with Crippen LogP contribution in [-0.4, -0.2) is 11.7 Å². The molecule has 0 heterocycles. The maximum absolute atomic E-state index is 8.72. The predicted molar refractivity (Wildman–Crippen MR) is 43.8 cm³/mol. The van der Waals surface area contributed by atoms with Crippen LogP contribution >= 0.6 is 0 Å². The average Bonchev–Trinajstić information content (AvgIpc) is 1.82. The molecule has 0 unspecified atom stereocenters. The monoisotopic (exact) mass is 141 g/mol. The van der Waals surface area contributed by atoms with Crippen molar-refractivity contribution in [2.45, 2.75) is 19.8 Å². The van der Waals surface area contributed by atoms with Crippen molar-refractivity contribution in [2.75, 3.05) is 6.54 Å². The fourth-order valence-corrected chi connectivity index (χ4v) is 0.737. The van der Waals surface area contributed by atoms with Crippen molar-refractivity contribution in [3.8, 4) is 0 Å². The Morgan fingerprint density at radius 3 is 2.70 bits per heavy atom. The van der Waals surface area contributed by atoms with E-state index >= 15 is 0 Å². The zero-order valence-electron chi connectivity index (χ0n) is 6.43. The van der Waals surface area contributed by atoms with Crippen molar-refractivity contribution >= 4 is 0 Å². The van der Waals surface area contributed by atoms with E-state index in [0.29, 0.717) is 6.54 Å². The molecule has 0 bridgehead atoms. The number of aliphatic hydroxyl groups excluding tert-OH is 1. The normalized spacial score (nSPS) is 11.6. The minimum Gasteiger partial charge on any atom is -0.509 e. The van der Waals surface area contributed by atoms with Gasteiger partial charge in [0, 0.05) is 0 Å². The van der Waals surface area contributed by atoms with Gasteiger partial charge < -0.3 is 10.8 Å². The van der Waals surface area contributed by atoms with Crippen LogP contribution in [0.15, 0.2) is 24.0 Å². The molecule has 0 radical (unpaired) electrons. The van der Waals surface area contributed by atoms with Crippen LogP contribution in [0.1, 0.15) is 19.8 Å². The van der Waals surface area contributed by atoms with Crippen LogP contribution < -0.4 is 5.73 Å². The second-order valence-electron chi connectivity index (χ2n) is 2.37. The number of allylic oxidation sites excluding steroid dienone is 2. The summed E-state index contributed by atoms with van der Waals surface area (Å²) in [7, 11) is 0. The molecule has 58 valence electrons. The topological polar surface area (TPSA) is 46.2 Å². The molecule has 0 fully saturated rings. The van der Waals surface area contributed by atoms with Gasteiger partial charge in [-0.1, -0.05) is 12.2 Å². The van der Waals surface area contributed by atoms with Crippen LogP contribution in [0.5, 0.6) is 0 Å². The third-order valence-corrected chi connectivity index (χ3v) is 1.19. The van der Waals surface area contributed by atoms with Gasteiger partial charge in [-0.2, -0.15) is 0 Å². The molecule has 0 saturated carbocycles. The fraction of sp³-hybridized carbons (Fsp3) is 0.500. The summed E-state index contributed by atoms with van der Waals surface area (Å²) in [5.74, 6) is 0.120. The summed E-state index contributed by atoms with van der Waals surface area (Å²) in [5.41, 5.74) is 6.42. The second kappa shape index (κ2) is 5.06. The summed E-state index contributed by atoms with van der Waals surface area (Å²) in [4.78, 5) is 0. The molecule has 3 N–H and O–H groups in total. The molecular formula is C8H15NO. The summed E-state index contributed by atoms with van der Waals surface area (Å²) in [6.45, 7) is 6.00. The summed E-state index contributed by atoms with van der Waals surface area (Å²) >= 11 is 0. The molecule has 0 spiro atoms. The lowest BCUT2D eigenvalue weighted by atomic mass is 10.1. The predicted octanol–water partition coefficient (Wildman–Crippen LogP) is 1.74. The lowest BCUT2D eigenvalue weighted by Gasteiger charge is -1.97. The summed E-state index contributed by atoms with van der Waals surface area (Å²) in [6, 6.07) is 0. The van der Waals surface area contributed by atoms with E-state index < -0.39 is 0 Å². The number of aliphatic hydroxyl groups is 1. The molecule has 0 atom stereocenters. The van der Waals surface area contributed by atoms with Crippen LogP contribution in [0.4, 0.5) is 0 Å². The first-order valence-corrected chi connectivity index (χ1v) is 3.42. The SMILES string of the molecule is C=C(O)/C=C(\C)CCCN. The summed E-state index contributed by atoms with van der Waals surface area (Å²) < 4.78 is 0. The fourth-order valence-electron chi connectivity index (χ4n) is 0.737. The van der Waals surface area contributed by atoms with E-state index in [-0.39, 0.29) is 5.76 Å². The Bertz CT molecular complexity index is 138. The zero-order valence-corrected chi connectivity index (χ0v) is 6.43. The van der Waals surface area contributed by atoms with E-state index in [1.165, 1.54) is 0 Å². The van der Waals surface area contributed by atoms with Gasteiger partial charge in [-0.05, 0) is 32.4 Å². The third-order valence-electron chi connectivity index (χ3n) is 1.19. The minimum absolute atomic E-state index is 0.120. The quantitative estimate of drug-likeness (QED) is 0.462. The van der Waals surface area contributed by atoms with Gasteiger partial charge in [-0.3, -0.25) is 0 Å². The molecule has 0 rings (SSSR count). The van der Waals surface area contributed by atoms with Gasteiger partial charge in [-0.15, -0.1) is 0 Å². The first-order valence-electron chi connectivity index (χ1n) is 3.42. The van der Waals surface area contributed by atoms with Crippen LogP contribution in [0.3, 0.4) is 0 Å². The van der Waals surface area contributed by atoms with Crippen LogP contribution in [0.2, 0.25) is 0 Å². The molecule has 0 aliphatic heterocycles.